The highest BCUT2D eigenvalue weighted by molar-refractivity contribution is 6.02. The number of oxime groups is 1. The molecule has 0 amide bonds. The van der Waals surface area contributed by atoms with Crippen molar-refractivity contribution in [1.29, 1.82) is 0 Å². The van der Waals surface area contributed by atoms with Gasteiger partial charge >= 0.3 is 0 Å². The van der Waals surface area contributed by atoms with Crippen LogP contribution in [0, 0.1) is 10.1 Å². The average Bonchev–Trinajstić information content (AvgIpc) is 2.36. The van der Waals surface area contributed by atoms with Crippen LogP contribution < -0.4 is 10.6 Å². The molecule has 1 aromatic carbocycles. The standard InChI is InChI=1S/C11H16N4O4/c1-7(16)6-14(2)10-4-3-8(15(18)19)5-9(10)11(12)13-17/h3-5,7,16-17H,6H2,1-2H3,(H2,12,13). The van der Waals surface area contributed by atoms with Crippen molar-refractivity contribution in [3.05, 3.63) is 33.9 Å². The molecule has 0 aliphatic rings. The Balaban J connectivity index is 3.27. The summed E-state index contributed by atoms with van der Waals surface area (Å²) in [6.45, 7) is 1.93. The van der Waals surface area contributed by atoms with Gasteiger partial charge in [-0.3, -0.25) is 10.1 Å². The fourth-order valence-electron chi connectivity index (χ4n) is 1.72. The third kappa shape index (κ3) is 3.55. The molecule has 8 heteroatoms. The van der Waals surface area contributed by atoms with E-state index >= 15 is 0 Å². The van der Waals surface area contributed by atoms with Gasteiger partial charge in [-0.25, -0.2) is 0 Å². The summed E-state index contributed by atoms with van der Waals surface area (Å²) in [7, 11) is 1.70. The van der Waals surface area contributed by atoms with E-state index in [4.69, 9.17) is 10.9 Å². The van der Waals surface area contributed by atoms with Gasteiger partial charge in [0.2, 0.25) is 0 Å². The van der Waals surface area contributed by atoms with Crippen LogP contribution in [0.15, 0.2) is 23.4 Å². The van der Waals surface area contributed by atoms with E-state index < -0.39 is 11.0 Å². The number of aliphatic hydroxyl groups is 1. The van der Waals surface area contributed by atoms with Crippen LogP contribution in [-0.2, 0) is 0 Å². The highest BCUT2D eigenvalue weighted by atomic mass is 16.6. The van der Waals surface area contributed by atoms with Crippen LogP contribution in [0.4, 0.5) is 11.4 Å². The Morgan fingerprint density at radius 3 is 2.74 bits per heavy atom. The monoisotopic (exact) mass is 268 g/mol. The van der Waals surface area contributed by atoms with Gasteiger partial charge in [0.1, 0.15) is 0 Å². The second-order valence-corrected chi connectivity index (χ2v) is 4.17. The number of non-ortho nitro benzene ring substituents is 1. The second-order valence-electron chi connectivity index (χ2n) is 4.17. The lowest BCUT2D eigenvalue weighted by Crippen LogP contribution is -2.29. The number of hydrogen-bond acceptors (Lipinski definition) is 6. The van der Waals surface area contributed by atoms with Gasteiger partial charge in [-0.2, -0.15) is 0 Å². The molecule has 19 heavy (non-hydrogen) atoms. The van der Waals surface area contributed by atoms with Crippen LogP contribution in [0.1, 0.15) is 12.5 Å². The number of rotatable bonds is 5. The fraction of sp³-hybridized carbons (Fsp3) is 0.364. The minimum atomic E-state index is -0.583. The molecule has 8 nitrogen and oxygen atoms in total. The summed E-state index contributed by atoms with van der Waals surface area (Å²) < 4.78 is 0. The number of hydrogen-bond donors (Lipinski definition) is 3. The molecule has 104 valence electrons. The van der Waals surface area contributed by atoms with Crippen molar-refractivity contribution in [2.75, 3.05) is 18.5 Å². The molecule has 0 saturated carbocycles. The molecule has 0 radical (unpaired) electrons. The van der Waals surface area contributed by atoms with Crippen molar-refractivity contribution < 1.29 is 15.2 Å². The number of aliphatic hydroxyl groups excluding tert-OH is 1. The van der Waals surface area contributed by atoms with E-state index in [0.29, 0.717) is 12.2 Å². The van der Waals surface area contributed by atoms with Crippen LogP contribution in [0.25, 0.3) is 0 Å². The van der Waals surface area contributed by atoms with Crippen LogP contribution in [-0.4, -0.2) is 40.8 Å². The molecule has 1 unspecified atom stereocenters. The molecular weight excluding hydrogens is 252 g/mol. The van der Waals surface area contributed by atoms with Crippen molar-refractivity contribution in [2.24, 2.45) is 10.9 Å². The Kier molecular flexibility index (Phi) is 4.65. The third-order valence-electron chi connectivity index (χ3n) is 2.52. The number of anilines is 1. The second kappa shape index (κ2) is 6.01. The van der Waals surface area contributed by atoms with E-state index in [9.17, 15) is 15.2 Å². The average molecular weight is 268 g/mol. The highest BCUT2D eigenvalue weighted by Gasteiger charge is 2.17. The van der Waals surface area contributed by atoms with Crippen LogP contribution in [0.5, 0.6) is 0 Å². The minimum absolute atomic E-state index is 0.157. The normalized spacial score (nSPS) is 13.1. The SMILES string of the molecule is CC(O)CN(C)c1ccc([N+](=O)[O-])cc1C(N)=NO. The fourth-order valence-corrected chi connectivity index (χ4v) is 1.72. The van der Waals surface area contributed by atoms with Crippen molar-refractivity contribution in [3.63, 3.8) is 0 Å². The summed E-state index contributed by atoms with van der Waals surface area (Å²) in [5.74, 6) is -0.226. The van der Waals surface area contributed by atoms with E-state index in [-0.39, 0.29) is 17.1 Å². The van der Waals surface area contributed by atoms with Crippen LogP contribution in [0.2, 0.25) is 0 Å². The smallest absolute Gasteiger partial charge is 0.270 e. The minimum Gasteiger partial charge on any atom is -0.409 e. The van der Waals surface area contributed by atoms with Gasteiger partial charge in [-0.15, -0.1) is 0 Å². The number of nitro groups is 1. The number of amidine groups is 1. The molecule has 4 N–H and O–H groups in total. The zero-order valence-corrected chi connectivity index (χ0v) is 10.6. The summed E-state index contributed by atoms with van der Waals surface area (Å²) >= 11 is 0. The van der Waals surface area contributed by atoms with Crippen molar-refractivity contribution in [3.8, 4) is 0 Å². The predicted octanol–water partition coefficient (Wildman–Crippen LogP) is 0.506. The van der Waals surface area contributed by atoms with E-state index in [2.05, 4.69) is 5.16 Å². The van der Waals surface area contributed by atoms with Gasteiger partial charge in [0.15, 0.2) is 5.84 Å². The number of benzene rings is 1. The lowest BCUT2D eigenvalue weighted by Gasteiger charge is -2.23. The van der Waals surface area contributed by atoms with Crippen molar-refractivity contribution >= 4 is 17.2 Å². The molecule has 0 heterocycles. The molecule has 1 rings (SSSR count). The summed E-state index contributed by atoms with van der Waals surface area (Å²) in [6.07, 6.45) is -0.583. The highest BCUT2D eigenvalue weighted by Crippen LogP contribution is 2.24. The Hall–Kier alpha value is -2.35. The predicted molar refractivity (Wildman–Crippen MR) is 70.6 cm³/mol. The van der Waals surface area contributed by atoms with Crippen LogP contribution >= 0.6 is 0 Å². The molecule has 0 spiro atoms. The van der Waals surface area contributed by atoms with E-state index in [1.807, 2.05) is 0 Å². The molecule has 1 atom stereocenters. The largest absolute Gasteiger partial charge is 0.409 e. The zero-order chi connectivity index (χ0) is 14.6. The quantitative estimate of drug-likeness (QED) is 0.235. The zero-order valence-electron chi connectivity index (χ0n) is 10.6. The first-order valence-corrected chi connectivity index (χ1v) is 5.52. The van der Waals surface area contributed by atoms with Crippen molar-refractivity contribution in [2.45, 2.75) is 13.0 Å². The van der Waals surface area contributed by atoms with E-state index in [1.54, 1.807) is 18.9 Å². The first kappa shape index (κ1) is 14.7. The third-order valence-corrected chi connectivity index (χ3v) is 2.52. The maximum absolute atomic E-state index is 10.7. The van der Waals surface area contributed by atoms with Gasteiger partial charge in [-0.1, -0.05) is 5.16 Å². The molecule has 0 fully saturated rings. The summed E-state index contributed by atoms with van der Waals surface area (Å²) in [6, 6.07) is 4.04. The lowest BCUT2D eigenvalue weighted by molar-refractivity contribution is -0.384. The topological polar surface area (TPSA) is 125 Å². The number of likely N-dealkylation sites (N-methyl/N-ethyl adjacent to an activating group) is 1. The van der Waals surface area contributed by atoms with Gasteiger partial charge in [-0.05, 0) is 13.0 Å². The Labute approximate surface area is 109 Å². The Morgan fingerprint density at radius 1 is 1.63 bits per heavy atom. The molecule has 0 aliphatic carbocycles. The lowest BCUT2D eigenvalue weighted by atomic mass is 10.1. The maximum atomic E-state index is 10.7. The Morgan fingerprint density at radius 2 is 2.26 bits per heavy atom. The van der Waals surface area contributed by atoms with Crippen LogP contribution in [0.3, 0.4) is 0 Å². The molecule has 0 aliphatic heterocycles. The Bertz CT molecular complexity index is 501. The van der Waals surface area contributed by atoms with Gasteiger partial charge in [0.05, 0.1) is 16.6 Å². The molecular formula is C11H16N4O4. The maximum Gasteiger partial charge on any atom is 0.270 e. The summed E-state index contributed by atoms with van der Waals surface area (Å²) in [4.78, 5) is 11.8. The van der Waals surface area contributed by atoms with Gasteiger partial charge in [0, 0.05) is 31.4 Å². The molecule has 0 saturated heterocycles. The van der Waals surface area contributed by atoms with Crippen molar-refractivity contribution in [1.82, 2.24) is 0 Å². The number of nitro benzene ring substituents is 1. The molecule has 0 bridgehead atoms. The van der Waals surface area contributed by atoms with E-state index in [0.717, 1.165) is 0 Å². The van der Waals surface area contributed by atoms with Gasteiger partial charge < -0.3 is 20.9 Å². The van der Waals surface area contributed by atoms with Gasteiger partial charge in [0.25, 0.3) is 5.69 Å². The first-order chi connectivity index (χ1) is 8.86. The first-order valence-electron chi connectivity index (χ1n) is 5.52. The number of nitrogens with zero attached hydrogens (tertiary/aromatic N) is 3. The number of nitrogens with two attached hydrogens (primary N) is 1. The summed E-state index contributed by atoms with van der Waals surface area (Å²) in [5, 5.41) is 31.7. The molecule has 0 aromatic heterocycles. The summed E-state index contributed by atoms with van der Waals surface area (Å²) in [5.41, 5.74) is 6.13. The van der Waals surface area contributed by atoms with E-state index in [1.165, 1.54) is 18.2 Å². The molecule has 1 aromatic rings.